The molecule has 0 saturated heterocycles. The summed E-state index contributed by atoms with van der Waals surface area (Å²) in [6, 6.07) is 8.40. The molecule has 4 heteroatoms. The molecule has 0 saturated carbocycles. The molecule has 1 aromatic rings. The maximum Gasteiger partial charge on any atom is 0.359 e. The minimum Gasteiger partial charge on any atom is -0.321 e. The third-order valence-electron chi connectivity index (χ3n) is 1.95. The molecule has 0 aromatic heterocycles. The summed E-state index contributed by atoms with van der Waals surface area (Å²) in [6.45, 7) is 4.22. The molecule has 0 aliphatic carbocycles. The summed E-state index contributed by atoms with van der Waals surface area (Å²) in [5.74, 6) is 0.415. The molecular formula is C12H17O3P. The van der Waals surface area contributed by atoms with Gasteiger partial charge >= 0.3 is 7.60 Å². The van der Waals surface area contributed by atoms with Gasteiger partial charge in [-0.15, -0.1) is 0 Å². The number of benzene rings is 1. The van der Waals surface area contributed by atoms with Crippen molar-refractivity contribution in [3.05, 3.63) is 42.5 Å². The van der Waals surface area contributed by atoms with Crippen LogP contribution in [0, 0.1) is 5.92 Å². The summed E-state index contributed by atoms with van der Waals surface area (Å²) in [4.78, 5) is 9.65. The van der Waals surface area contributed by atoms with E-state index in [0.29, 0.717) is 11.2 Å². The standard InChI is InChI=1S/C12H17O3P/c1-11(2)7-6-10-15-16(13,14)12-8-4-3-5-9-12/h3-9,11H,10H2,1-2H3,(H,13,14). The van der Waals surface area contributed by atoms with E-state index in [0.717, 1.165) is 0 Å². The van der Waals surface area contributed by atoms with Crippen molar-refractivity contribution < 1.29 is 14.0 Å². The van der Waals surface area contributed by atoms with Gasteiger partial charge in [0.05, 0.1) is 11.9 Å². The van der Waals surface area contributed by atoms with Crippen molar-refractivity contribution in [1.29, 1.82) is 0 Å². The third-order valence-corrected chi connectivity index (χ3v) is 3.40. The first-order valence-corrected chi connectivity index (χ1v) is 6.80. The number of allylic oxidation sites excluding steroid dienone is 1. The van der Waals surface area contributed by atoms with Crippen LogP contribution in [0.3, 0.4) is 0 Å². The summed E-state index contributed by atoms with van der Waals surface area (Å²) in [5.41, 5.74) is 0. The van der Waals surface area contributed by atoms with Crippen LogP contribution in [-0.2, 0) is 9.09 Å². The van der Waals surface area contributed by atoms with Gasteiger partial charge < -0.3 is 9.42 Å². The van der Waals surface area contributed by atoms with Crippen LogP contribution in [0.5, 0.6) is 0 Å². The molecule has 1 aromatic carbocycles. The molecule has 0 aliphatic rings. The minimum atomic E-state index is -3.66. The Morgan fingerprint density at radius 1 is 1.38 bits per heavy atom. The molecule has 0 amide bonds. The van der Waals surface area contributed by atoms with Crippen LogP contribution in [-0.4, -0.2) is 11.5 Å². The highest BCUT2D eigenvalue weighted by atomic mass is 31.2. The predicted molar refractivity (Wildman–Crippen MR) is 65.8 cm³/mol. The molecule has 88 valence electrons. The van der Waals surface area contributed by atoms with Crippen LogP contribution in [0.4, 0.5) is 0 Å². The van der Waals surface area contributed by atoms with Gasteiger partial charge in [0, 0.05) is 0 Å². The van der Waals surface area contributed by atoms with Gasteiger partial charge in [-0.3, -0.25) is 4.57 Å². The first-order chi connectivity index (χ1) is 7.52. The van der Waals surface area contributed by atoms with Crippen LogP contribution < -0.4 is 5.30 Å². The lowest BCUT2D eigenvalue weighted by atomic mass is 10.2. The van der Waals surface area contributed by atoms with Gasteiger partial charge in [0.15, 0.2) is 0 Å². The van der Waals surface area contributed by atoms with Crippen molar-refractivity contribution in [2.24, 2.45) is 5.92 Å². The average molecular weight is 240 g/mol. The smallest absolute Gasteiger partial charge is 0.321 e. The van der Waals surface area contributed by atoms with E-state index < -0.39 is 7.60 Å². The highest BCUT2D eigenvalue weighted by Crippen LogP contribution is 2.40. The maximum absolute atomic E-state index is 11.8. The Labute approximate surface area is 96.3 Å². The fourth-order valence-electron chi connectivity index (χ4n) is 1.16. The van der Waals surface area contributed by atoms with E-state index in [1.54, 1.807) is 36.4 Å². The summed E-state index contributed by atoms with van der Waals surface area (Å²) >= 11 is 0. The van der Waals surface area contributed by atoms with Gasteiger partial charge in [-0.25, -0.2) is 0 Å². The molecule has 1 atom stereocenters. The minimum absolute atomic E-state index is 0.154. The van der Waals surface area contributed by atoms with Crippen LogP contribution in [0.1, 0.15) is 13.8 Å². The largest absolute Gasteiger partial charge is 0.359 e. The zero-order valence-electron chi connectivity index (χ0n) is 9.54. The Balaban J connectivity index is 2.57. The van der Waals surface area contributed by atoms with Gasteiger partial charge in [0.25, 0.3) is 0 Å². The van der Waals surface area contributed by atoms with Crippen molar-refractivity contribution in [2.75, 3.05) is 6.61 Å². The van der Waals surface area contributed by atoms with E-state index in [9.17, 15) is 9.46 Å². The average Bonchev–Trinajstić information content (AvgIpc) is 2.26. The summed E-state index contributed by atoms with van der Waals surface area (Å²) in [7, 11) is -3.66. The highest BCUT2D eigenvalue weighted by molar-refractivity contribution is 7.61. The van der Waals surface area contributed by atoms with Crippen molar-refractivity contribution in [3.8, 4) is 0 Å². The lowest BCUT2D eigenvalue weighted by Gasteiger charge is -2.10. The van der Waals surface area contributed by atoms with E-state index in [4.69, 9.17) is 4.52 Å². The van der Waals surface area contributed by atoms with E-state index in [1.807, 2.05) is 19.9 Å². The molecule has 0 heterocycles. The van der Waals surface area contributed by atoms with Gasteiger partial charge in [-0.2, -0.15) is 0 Å². The Hall–Kier alpha value is -0.890. The van der Waals surface area contributed by atoms with Crippen LogP contribution in [0.25, 0.3) is 0 Å². The second-order valence-electron chi connectivity index (χ2n) is 3.82. The van der Waals surface area contributed by atoms with E-state index >= 15 is 0 Å². The van der Waals surface area contributed by atoms with E-state index in [-0.39, 0.29) is 6.61 Å². The zero-order chi connectivity index (χ0) is 12.0. The summed E-state index contributed by atoms with van der Waals surface area (Å²) in [6.07, 6.45) is 3.70. The normalized spacial score (nSPS) is 15.5. The monoisotopic (exact) mass is 240 g/mol. The van der Waals surface area contributed by atoms with Crippen LogP contribution in [0.2, 0.25) is 0 Å². The van der Waals surface area contributed by atoms with E-state index in [2.05, 4.69) is 0 Å². The summed E-state index contributed by atoms with van der Waals surface area (Å²) in [5, 5.41) is 0.327. The first-order valence-electron chi connectivity index (χ1n) is 5.22. The molecule has 0 fully saturated rings. The summed E-state index contributed by atoms with van der Waals surface area (Å²) < 4.78 is 16.7. The molecule has 0 bridgehead atoms. The molecule has 0 aliphatic heterocycles. The Morgan fingerprint density at radius 2 is 2.00 bits per heavy atom. The molecule has 1 N–H and O–H groups in total. The molecular weight excluding hydrogens is 223 g/mol. The molecule has 1 unspecified atom stereocenters. The second-order valence-corrected chi connectivity index (χ2v) is 5.64. The second kappa shape index (κ2) is 6.00. The number of hydrogen-bond donors (Lipinski definition) is 1. The Kier molecular flexibility index (Phi) is 4.94. The van der Waals surface area contributed by atoms with Gasteiger partial charge in [0.1, 0.15) is 0 Å². The SMILES string of the molecule is CC(C)C=CCOP(=O)(O)c1ccccc1. The zero-order valence-corrected chi connectivity index (χ0v) is 10.4. The van der Waals surface area contributed by atoms with Crippen molar-refractivity contribution in [2.45, 2.75) is 13.8 Å². The Bertz CT molecular complexity index is 385. The molecule has 0 radical (unpaired) electrons. The quantitative estimate of drug-likeness (QED) is 0.635. The first kappa shape index (κ1) is 13.2. The predicted octanol–water partition coefficient (Wildman–Crippen LogP) is 2.73. The molecule has 3 nitrogen and oxygen atoms in total. The molecule has 16 heavy (non-hydrogen) atoms. The lowest BCUT2D eigenvalue weighted by molar-refractivity contribution is 0.298. The lowest BCUT2D eigenvalue weighted by Crippen LogP contribution is -2.06. The number of hydrogen-bond acceptors (Lipinski definition) is 2. The van der Waals surface area contributed by atoms with Gasteiger partial charge in [0.2, 0.25) is 0 Å². The van der Waals surface area contributed by atoms with Crippen molar-refractivity contribution in [3.63, 3.8) is 0 Å². The fourth-order valence-corrected chi connectivity index (χ4v) is 2.15. The highest BCUT2D eigenvalue weighted by Gasteiger charge is 2.20. The number of rotatable bonds is 5. The van der Waals surface area contributed by atoms with Gasteiger partial charge in [-0.1, -0.05) is 44.2 Å². The topological polar surface area (TPSA) is 46.5 Å². The molecule has 1 rings (SSSR count). The van der Waals surface area contributed by atoms with Crippen molar-refractivity contribution in [1.82, 2.24) is 0 Å². The van der Waals surface area contributed by atoms with Crippen molar-refractivity contribution >= 4 is 12.9 Å². The molecule has 0 spiro atoms. The van der Waals surface area contributed by atoms with E-state index in [1.165, 1.54) is 0 Å². The fraction of sp³-hybridized carbons (Fsp3) is 0.333. The van der Waals surface area contributed by atoms with Crippen LogP contribution in [0.15, 0.2) is 42.5 Å². The third kappa shape index (κ3) is 4.31. The maximum atomic E-state index is 11.8. The van der Waals surface area contributed by atoms with Crippen LogP contribution >= 0.6 is 7.60 Å². The Morgan fingerprint density at radius 3 is 2.56 bits per heavy atom. The van der Waals surface area contributed by atoms with Gasteiger partial charge in [-0.05, 0) is 18.1 Å².